The third kappa shape index (κ3) is 3.35. The van der Waals surface area contributed by atoms with E-state index in [4.69, 9.17) is 4.74 Å². The number of hydrogen-bond acceptors (Lipinski definition) is 4. The summed E-state index contributed by atoms with van der Waals surface area (Å²) in [6.07, 6.45) is 8.42. The number of aryl methyl sites for hydroxylation is 1. The van der Waals surface area contributed by atoms with E-state index >= 15 is 0 Å². The lowest BCUT2D eigenvalue weighted by Crippen LogP contribution is -2.43. The minimum atomic E-state index is -0.199. The molecule has 0 aromatic carbocycles. The molecule has 2 aliphatic heterocycles. The highest BCUT2D eigenvalue weighted by Gasteiger charge is 2.42. The highest BCUT2D eigenvalue weighted by Crippen LogP contribution is 2.41. The van der Waals surface area contributed by atoms with Crippen molar-refractivity contribution in [2.45, 2.75) is 43.8 Å². The number of ether oxygens (including phenoxy) is 1. The van der Waals surface area contributed by atoms with Crippen LogP contribution >= 0.6 is 11.8 Å². The monoisotopic (exact) mass is 293 g/mol. The van der Waals surface area contributed by atoms with E-state index in [1.165, 1.54) is 11.3 Å². The Morgan fingerprint density at radius 3 is 3.05 bits per heavy atom. The lowest BCUT2D eigenvalue weighted by molar-refractivity contribution is -0.102. The largest absolute Gasteiger partial charge is 0.393 e. The predicted molar refractivity (Wildman–Crippen MR) is 81.9 cm³/mol. The first kappa shape index (κ1) is 14.4. The smallest absolute Gasteiger partial charge is 0.0783 e. The van der Waals surface area contributed by atoms with Crippen LogP contribution < -0.4 is 0 Å². The Morgan fingerprint density at radius 1 is 1.45 bits per heavy atom. The second-order valence-electron chi connectivity index (χ2n) is 6.05. The van der Waals surface area contributed by atoms with Crippen LogP contribution in [0.25, 0.3) is 0 Å². The number of pyridine rings is 1. The van der Waals surface area contributed by atoms with Crippen molar-refractivity contribution in [2.24, 2.45) is 5.92 Å². The highest BCUT2D eigenvalue weighted by molar-refractivity contribution is 7.99. The van der Waals surface area contributed by atoms with Crippen molar-refractivity contribution in [3.63, 3.8) is 0 Å². The molecule has 4 heteroatoms. The Balaban J connectivity index is 1.53. The molecule has 1 aromatic rings. The van der Waals surface area contributed by atoms with Gasteiger partial charge in [0.25, 0.3) is 0 Å². The van der Waals surface area contributed by atoms with E-state index in [0.717, 1.165) is 44.5 Å². The molecule has 0 radical (unpaired) electrons. The van der Waals surface area contributed by atoms with Crippen LogP contribution in [0.5, 0.6) is 0 Å². The van der Waals surface area contributed by atoms with Crippen LogP contribution in [-0.4, -0.2) is 39.9 Å². The molecule has 2 saturated heterocycles. The molecule has 0 bridgehead atoms. The van der Waals surface area contributed by atoms with Crippen molar-refractivity contribution in [3.8, 4) is 0 Å². The number of aliphatic hydroxyl groups excluding tert-OH is 1. The zero-order chi connectivity index (χ0) is 13.8. The van der Waals surface area contributed by atoms with Crippen molar-refractivity contribution in [1.29, 1.82) is 0 Å². The molecule has 2 fully saturated rings. The zero-order valence-electron chi connectivity index (χ0n) is 11.8. The zero-order valence-corrected chi connectivity index (χ0v) is 12.6. The SMILES string of the molecule is OC(CCc1ccncc1)C1CCOC2(CCSC2)C1. The molecule has 3 atom stereocenters. The summed E-state index contributed by atoms with van der Waals surface area (Å²) in [7, 11) is 0. The first-order valence-electron chi connectivity index (χ1n) is 7.56. The van der Waals surface area contributed by atoms with E-state index in [9.17, 15) is 5.11 Å². The van der Waals surface area contributed by atoms with Crippen LogP contribution in [-0.2, 0) is 11.2 Å². The molecule has 1 spiro atoms. The minimum Gasteiger partial charge on any atom is -0.393 e. The van der Waals surface area contributed by atoms with Crippen LogP contribution in [0.1, 0.15) is 31.2 Å². The summed E-state index contributed by atoms with van der Waals surface area (Å²) in [6.45, 7) is 0.817. The van der Waals surface area contributed by atoms with Gasteiger partial charge in [-0.2, -0.15) is 11.8 Å². The fourth-order valence-corrected chi connectivity index (χ4v) is 4.74. The number of nitrogens with zero attached hydrogens (tertiary/aromatic N) is 1. The van der Waals surface area contributed by atoms with Gasteiger partial charge in [0.15, 0.2) is 0 Å². The lowest BCUT2D eigenvalue weighted by Gasteiger charge is -2.39. The van der Waals surface area contributed by atoms with Gasteiger partial charge in [0.05, 0.1) is 11.7 Å². The Labute approximate surface area is 125 Å². The fraction of sp³-hybridized carbons (Fsp3) is 0.688. The number of aliphatic hydroxyl groups is 1. The van der Waals surface area contributed by atoms with Gasteiger partial charge in [-0.25, -0.2) is 0 Å². The second-order valence-corrected chi connectivity index (χ2v) is 7.15. The summed E-state index contributed by atoms with van der Waals surface area (Å²) >= 11 is 1.99. The molecule has 0 saturated carbocycles. The van der Waals surface area contributed by atoms with Gasteiger partial charge in [0.1, 0.15) is 0 Å². The van der Waals surface area contributed by atoms with Crippen LogP contribution in [0.15, 0.2) is 24.5 Å². The Kier molecular flexibility index (Phi) is 4.64. The first-order valence-corrected chi connectivity index (χ1v) is 8.72. The van der Waals surface area contributed by atoms with E-state index in [-0.39, 0.29) is 11.7 Å². The van der Waals surface area contributed by atoms with Gasteiger partial charge in [-0.3, -0.25) is 4.98 Å². The Bertz CT molecular complexity index is 420. The molecule has 3 unspecified atom stereocenters. The van der Waals surface area contributed by atoms with Crippen LogP contribution in [0.3, 0.4) is 0 Å². The van der Waals surface area contributed by atoms with Crippen molar-refractivity contribution in [1.82, 2.24) is 4.98 Å². The molecule has 1 aromatic heterocycles. The van der Waals surface area contributed by atoms with Gasteiger partial charge < -0.3 is 9.84 Å². The van der Waals surface area contributed by atoms with Crippen LogP contribution in [0, 0.1) is 5.92 Å². The van der Waals surface area contributed by atoms with Crippen molar-refractivity contribution in [3.05, 3.63) is 30.1 Å². The molecular weight excluding hydrogens is 270 g/mol. The predicted octanol–water partition coefficient (Wildman–Crippen LogP) is 2.68. The summed E-state index contributed by atoms with van der Waals surface area (Å²) in [4.78, 5) is 4.03. The topological polar surface area (TPSA) is 42.4 Å². The lowest BCUT2D eigenvalue weighted by atomic mass is 9.81. The molecule has 20 heavy (non-hydrogen) atoms. The number of hydrogen-bond donors (Lipinski definition) is 1. The van der Waals surface area contributed by atoms with E-state index in [2.05, 4.69) is 4.98 Å². The normalized spacial score (nSPS) is 31.6. The second kappa shape index (κ2) is 6.46. The van der Waals surface area contributed by atoms with Gasteiger partial charge in [0.2, 0.25) is 0 Å². The molecule has 110 valence electrons. The van der Waals surface area contributed by atoms with Crippen LogP contribution in [0.2, 0.25) is 0 Å². The third-order valence-electron chi connectivity index (χ3n) is 4.62. The summed E-state index contributed by atoms with van der Waals surface area (Å²) in [5.41, 5.74) is 1.34. The minimum absolute atomic E-state index is 0.0746. The number of thioether (sulfide) groups is 1. The standard InChI is InChI=1S/C16H23NO2S/c18-15(2-1-13-3-7-17-8-4-13)14-5-9-19-16(11-14)6-10-20-12-16/h3-4,7-8,14-15,18H,1-2,5-6,9-12H2. The number of aromatic nitrogens is 1. The quantitative estimate of drug-likeness (QED) is 0.927. The molecule has 0 amide bonds. The van der Waals surface area contributed by atoms with Gasteiger partial charge >= 0.3 is 0 Å². The average molecular weight is 293 g/mol. The maximum absolute atomic E-state index is 10.5. The van der Waals surface area contributed by atoms with E-state index < -0.39 is 0 Å². The van der Waals surface area contributed by atoms with Gasteiger partial charge in [-0.15, -0.1) is 0 Å². The molecule has 0 aliphatic carbocycles. The van der Waals surface area contributed by atoms with E-state index in [1.54, 1.807) is 0 Å². The Morgan fingerprint density at radius 2 is 2.30 bits per heavy atom. The summed E-state index contributed by atoms with van der Waals surface area (Å²) in [6, 6.07) is 4.07. The highest BCUT2D eigenvalue weighted by atomic mass is 32.2. The summed E-state index contributed by atoms with van der Waals surface area (Å²) in [5.74, 6) is 2.73. The molecule has 3 rings (SSSR count). The average Bonchev–Trinajstić information content (AvgIpc) is 2.93. The third-order valence-corrected chi connectivity index (χ3v) is 5.84. The summed E-state index contributed by atoms with van der Waals surface area (Å²) in [5, 5.41) is 10.5. The maximum atomic E-state index is 10.5. The van der Waals surface area contributed by atoms with Gasteiger partial charge in [-0.1, -0.05) is 0 Å². The summed E-state index contributed by atoms with van der Waals surface area (Å²) < 4.78 is 6.03. The van der Waals surface area contributed by atoms with E-state index in [1.807, 2.05) is 36.3 Å². The molecule has 1 N–H and O–H groups in total. The first-order chi connectivity index (χ1) is 9.77. The molecular formula is C16H23NO2S. The maximum Gasteiger partial charge on any atom is 0.0783 e. The molecule has 2 aliphatic rings. The van der Waals surface area contributed by atoms with Crippen LogP contribution in [0.4, 0.5) is 0 Å². The number of rotatable bonds is 4. The van der Waals surface area contributed by atoms with Crippen molar-refractivity contribution < 1.29 is 9.84 Å². The van der Waals surface area contributed by atoms with Gasteiger partial charge in [0, 0.05) is 24.8 Å². The molecule has 3 heterocycles. The van der Waals surface area contributed by atoms with Crippen molar-refractivity contribution >= 4 is 11.8 Å². The Hall–Kier alpha value is -0.580. The molecule has 3 nitrogen and oxygen atoms in total. The van der Waals surface area contributed by atoms with Gasteiger partial charge in [-0.05, 0) is 61.5 Å². The fourth-order valence-electron chi connectivity index (χ4n) is 3.36. The van der Waals surface area contributed by atoms with Crippen molar-refractivity contribution in [2.75, 3.05) is 18.1 Å². The van der Waals surface area contributed by atoms with E-state index in [0.29, 0.717) is 5.92 Å².